The van der Waals surface area contributed by atoms with E-state index in [-0.39, 0.29) is 17.0 Å². The van der Waals surface area contributed by atoms with E-state index in [2.05, 4.69) is 5.10 Å². The fourth-order valence-corrected chi connectivity index (χ4v) is 5.75. The minimum atomic E-state index is -1.63. The number of nitrogens with two attached hydrogens (primary N) is 2. The van der Waals surface area contributed by atoms with E-state index in [4.69, 9.17) is 11.5 Å². The topological polar surface area (TPSA) is 104 Å². The molecule has 0 saturated heterocycles. The van der Waals surface area contributed by atoms with Gasteiger partial charge < -0.3 is 11.5 Å². The standard InChI is InChI=1S/C26H21FN4O2S/c1-34-24-19-10-6-5-9-18(19)22-20(26(24,29)23(32)15-7-3-2-4-8-15)21(25(28)33)30-31(22)17-13-11-16(27)12-14-17/h2-14,24H,29H2,1H3,(H2,28,33). The molecule has 4 N–H and O–H groups in total. The third-order valence-electron chi connectivity index (χ3n) is 6.16. The van der Waals surface area contributed by atoms with Crippen molar-refractivity contribution >= 4 is 23.5 Å². The van der Waals surface area contributed by atoms with Crippen LogP contribution < -0.4 is 11.5 Å². The van der Waals surface area contributed by atoms with Gasteiger partial charge in [0.15, 0.2) is 11.5 Å². The maximum atomic E-state index is 14.1. The molecule has 0 aliphatic heterocycles. The number of carbonyl (C=O) groups is 2. The molecule has 1 aliphatic rings. The summed E-state index contributed by atoms with van der Waals surface area (Å²) < 4.78 is 15.2. The van der Waals surface area contributed by atoms with Gasteiger partial charge in [-0.15, -0.1) is 0 Å². The second kappa shape index (κ2) is 8.23. The Morgan fingerprint density at radius 1 is 1.00 bits per heavy atom. The molecule has 1 aliphatic carbocycles. The second-order valence-electron chi connectivity index (χ2n) is 8.09. The Balaban J connectivity index is 1.90. The monoisotopic (exact) mass is 472 g/mol. The van der Waals surface area contributed by atoms with Gasteiger partial charge in [0.05, 0.1) is 16.6 Å². The number of halogens is 1. The van der Waals surface area contributed by atoms with Crippen LogP contribution in [0, 0.1) is 5.82 Å². The largest absolute Gasteiger partial charge is 0.364 e. The third kappa shape index (κ3) is 3.18. The first kappa shape index (κ1) is 22.1. The molecule has 1 amide bonds. The number of nitrogens with zero attached hydrogens (tertiary/aromatic N) is 2. The summed E-state index contributed by atoms with van der Waals surface area (Å²) >= 11 is 1.42. The summed E-state index contributed by atoms with van der Waals surface area (Å²) in [7, 11) is 0. The molecule has 1 aromatic heterocycles. The summed E-state index contributed by atoms with van der Waals surface area (Å²) in [4.78, 5) is 26.7. The normalized spacial score (nSPS) is 18.7. The molecule has 0 radical (unpaired) electrons. The molecule has 4 aromatic rings. The summed E-state index contributed by atoms with van der Waals surface area (Å²) in [5.74, 6) is -1.55. The maximum absolute atomic E-state index is 14.1. The molecule has 3 aromatic carbocycles. The number of rotatable bonds is 5. The van der Waals surface area contributed by atoms with Crippen LogP contribution in [-0.2, 0) is 5.54 Å². The number of aromatic nitrogens is 2. The van der Waals surface area contributed by atoms with Gasteiger partial charge in [0.25, 0.3) is 5.91 Å². The highest BCUT2D eigenvalue weighted by molar-refractivity contribution is 7.98. The first-order valence-corrected chi connectivity index (χ1v) is 11.9. The molecule has 8 heteroatoms. The van der Waals surface area contributed by atoms with E-state index in [9.17, 15) is 14.0 Å². The van der Waals surface area contributed by atoms with Gasteiger partial charge in [-0.2, -0.15) is 16.9 Å². The predicted octanol–water partition coefficient (Wildman–Crippen LogP) is 4.23. The van der Waals surface area contributed by atoms with Crippen LogP contribution in [-0.4, -0.2) is 27.7 Å². The van der Waals surface area contributed by atoms with E-state index in [0.29, 0.717) is 16.9 Å². The lowest BCUT2D eigenvalue weighted by molar-refractivity contribution is 0.0880. The number of thioether (sulfide) groups is 1. The Morgan fingerprint density at radius 2 is 1.65 bits per heavy atom. The number of hydrogen-bond donors (Lipinski definition) is 2. The molecule has 170 valence electrons. The lowest BCUT2D eigenvalue weighted by Gasteiger charge is -2.40. The van der Waals surface area contributed by atoms with Crippen molar-refractivity contribution < 1.29 is 14.0 Å². The SMILES string of the molecule is CSC1c2ccccc2-c2c(c(C(N)=O)nn2-c2ccc(F)cc2)C1(N)C(=O)c1ccccc1. The minimum Gasteiger partial charge on any atom is -0.364 e. The van der Waals surface area contributed by atoms with Gasteiger partial charge in [-0.1, -0.05) is 54.6 Å². The summed E-state index contributed by atoms with van der Waals surface area (Å²) in [5.41, 5.74) is 14.5. The number of carbonyl (C=O) groups excluding carboxylic acids is 2. The third-order valence-corrected chi connectivity index (χ3v) is 7.26. The van der Waals surface area contributed by atoms with Crippen LogP contribution in [0.5, 0.6) is 0 Å². The molecule has 0 bridgehead atoms. The highest BCUT2D eigenvalue weighted by Crippen LogP contribution is 2.54. The quantitative estimate of drug-likeness (QED) is 0.423. The Hall–Kier alpha value is -3.75. The molecular formula is C26H21FN4O2S. The second-order valence-corrected chi connectivity index (χ2v) is 9.03. The zero-order valence-electron chi connectivity index (χ0n) is 18.2. The molecule has 6 nitrogen and oxygen atoms in total. The average Bonchev–Trinajstić information content (AvgIpc) is 3.27. The van der Waals surface area contributed by atoms with Crippen LogP contribution in [0.4, 0.5) is 4.39 Å². The fourth-order valence-electron chi connectivity index (χ4n) is 4.69. The molecule has 5 rings (SSSR count). The highest BCUT2D eigenvalue weighted by Gasteiger charge is 2.53. The molecule has 0 spiro atoms. The number of fused-ring (bicyclic) bond motifs is 3. The van der Waals surface area contributed by atoms with Crippen LogP contribution >= 0.6 is 11.8 Å². The van der Waals surface area contributed by atoms with Crippen LogP contribution in [0.2, 0.25) is 0 Å². The van der Waals surface area contributed by atoms with Gasteiger partial charge in [0.2, 0.25) is 0 Å². The Labute approximate surface area is 199 Å². The zero-order chi connectivity index (χ0) is 24.0. The molecule has 2 unspecified atom stereocenters. The van der Waals surface area contributed by atoms with E-state index in [1.165, 1.54) is 28.6 Å². The van der Waals surface area contributed by atoms with Crippen molar-refractivity contribution in [2.24, 2.45) is 11.5 Å². The first-order chi connectivity index (χ1) is 16.4. The van der Waals surface area contributed by atoms with E-state index in [0.717, 1.165) is 11.1 Å². The average molecular weight is 473 g/mol. The molecule has 2 atom stereocenters. The summed E-state index contributed by atoms with van der Waals surface area (Å²) in [6.45, 7) is 0. The Kier molecular flexibility index (Phi) is 5.34. The number of primary amides is 1. The number of hydrogen-bond acceptors (Lipinski definition) is 5. The lowest BCUT2D eigenvalue weighted by atomic mass is 9.71. The van der Waals surface area contributed by atoms with Crippen LogP contribution in [0.15, 0.2) is 78.9 Å². The van der Waals surface area contributed by atoms with Crippen molar-refractivity contribution in [1.29, 1.82) is 0 Å². The summed E-state index contributed by atoms with van der Waals surface area (Å²) in [6, 6.07) is 22.0. The smallest absolute Gasteiger partial charge is 0.269 e. The van der Waals surface area contributed by atoms with Gasteiger partial charge >= 0.3 is 0 Å². The van der Waals surface area contributed by atoms with Crippen LogP contribution in [0.1, 0.15) is 37.2 Å². The number of Topliss-reactive ketones (excluding diaryl/α,β-unsaturated/α-hetero) is 1. The van der Waals surface area contributed by atoms with Crippen LogP contribution in [0.25, 0.3) is 16.9 Å². The van der Waals surface area contributed by atoms with E-state index in [1.54, 1.807) is 36.4 Å². The predicted molar refractivity (Wildman–Crippen MR) is 130 cm³/mol. The first-order valence-electron chi connectivity index (χ1n) is 10.6. The van der Waals surface area contributed by atoms with Crippen molar-refractivity contribution in [3.05, 3.63) is 107 Å². The van der Waals surface area contributed by atoms with Gasteiger partial charge in [-0.3, -0.25) is 9.59 Å². The van der Waals surface area contributed by atoms with Crippen molar-refractivity contribution in [3.8, 4) is 16.9 Å². The number of amides is 1. The minimum absolute atomic E-state index is 0.0836. The van der Waals surface area contributed by atoms with E-state index < -0.39 is 22.5 Å². The van der Waals surface area contributed by atoms with Gasteiger partial charge in [-0.05, 0) is 36.1 Å². The summed E-state index contributed by atoms with van der Waals surface area (Å²) in [6.07, 6.45) is 1.88. The van der Waals surface area contributed by atoms with Crippen molar-refractivity contribution in [2.45, 2.75) is 10.8 Å². The Morgan fingerprint density at radius 3 is 2.29 bits per heavy atom. The van der Waals surface area contributed by atoms with Crippen molar-refractivity contribution in [1.82, 2.24) is 9.78 Å². The van der Waals surface area contributed by atoms with Gasteiger partial charge in [0, 0.05) is 16.7 Å². The number of ketones is 1. The molecule has 34 heavy (non-hydrogen) atoms. The number of benzene rings is 3. The fraction of sp³-hybridized carbons (Fsp3) is 0.115. The van der Waals surface area contributed by atoms with E-state index >= 15 is 0 Å². The zero-order valence-corrected chi connectivity index (χ0v) is 19.1. The molecule has 0 saturated carbocycles. The lowest BCUT2D eigenvalue weighted by Crippen LogP contribution is -2.51. The highest BCUT2D eigenvalue weighted by atomic mass is 32.2. The Bertz CT molecular complexity index is 1420. The molecular weight excluding hydrogens is 451 g/mol. The van der Waals surface area contributed by atoms with Gasteiger partial charge in [-0.25, -0.2) is 9.07 Å². The van der Waals surface area contributed by atoms with Gasteiger partial charge in [0.1, 0.15) is 11.4 Å². The van der Waals surface area contributed by atoms with E-state index in [1.807, 2.05) is 36.6 Å². The van der Waals surface area contributed by atoms with Crippen LogP contribution in [0.3, 0.4) is 0 Å². The molecule has 1 heterocycles. The van der Waals surface area contributed by atoms with Crippen molar-refractivity contribution in [2.75, 3.05) is 6.26 Å². The maximum Gasteiger partial charge on any atom is 0.269 e. The summed E-state index contributed by atoms with van der Waals surface area (Å²) in [5, 5.41) is 4.00. The molecule has 0 fully saturated rings. The van der Waals surface area contributed by atoms with Crippen molar-refractivity contribution in [3.63, 3.8) is 0 Å².